The summed E-state index contributed by atoms with van der Waals surface area (Å²) < 4.78 is 15.1. The van der Waals surface area contributed by atoms with Gasteiger partial charge in [0.1, 0.15) is 18.0 Å². The molecule has 4 rings (SSSR count). The van der Waals surface area contributed by atoms with Crippen molar-refractivity contribution < 1.29 is 14.0 Å². The first-order chi connectivity index (χ1) is 20.0. The normalized spacial score (nSPS) is 15.6. The molecule has 42 heavy (non-hydrogen) atoms. The Morgan fingerprint density at radius 3 is 2.60 bits per heavy atom. The molecule has 11 heteroatoms. The van der Waals surface area contributed by atoms with Gasteiger partial charge in [0, 0.05) is 38.3 Å². The van der Waals surface area contributed by atoms with E-state index >= 15 is 4.39 Å². The minimum absolute atomic E-state index is 0.0385. The van der Waals surface area contributed by atoms with Crippen LogP contribution in [0.2, 0.25) is 5.02 Å². The second-order valence-electron chi connectivity index (χ2n) is 10.6. The number of aryl methyl sites for hydroxylation is 2. The summed E-state index contributed by atoms with van der Waals surface area (Å²) >= 11 is 6.83. The molecule has 9 nitrogen and oxygen atoms in total. The number of carbonyl (C=O) groups excluding carboxylic acids is 2. The Labute approximate surface area is 250 Å². The number of benzene rings is 1. The fraction of sp³-hybridized carbons (Fsp3) is 0.355. The first-order valence-electron chi connectivity index (χ1n) is 13.7. The highest BCUT2D eigenvalue weighted by Gasteiger charge is 2.33. The average molecular weight is 592 g/mol. The summed E-state index contributed by atoms with van der Waals surface area (Å²) in [5.41, 5.74) is 3.41. The van der Waals surface area contributed by atoms with Crippen LogP contribution in [0, 0.1) is 19.7 Å². The average Bonchev–Trinajstić information content (AvgIpc) is 2.96. The van der Waals surface area contributed by atoms with Gasteiger partial charge >= 0.3 is 0 Å². The third kappa shape index (κ3) is 5.90. The summed E-state index contributed by atoms with van der Waals surface area (Å²) in [4.78, 5) is 48.7. The fourth-order valence-corrected chi connectivity index (χ4v) is 5.51. The summed E-state index contributed by atoms with van der Waals surface area (Å²) in [6.45, 7) is 14.6. The van der Waals surface area contributed by atoms with Crippen LogP contribution in [-0.2, 0) is 9.59 Å². The monoisotopic (exact) mass is 591 g/mol. The lowest BCUT2D eigenvalue weighted by Crippen LogP contribution is -2.55. The largest absolute Gasteiger partial charge is 0.350 e. The van der Waals surface area contributed by atoms with Crippen LogP contribution in [0.1, 0.15) is 49.2 Å². The molecule has 1 aliphatic rings. The zero-order chi connectivity index (χ0) is 30.7. The van der Waals surface area contributed by atoms with Gasteiger partial charge in [-0.25, -0.2) is 19.3 Å². The molecule has 0 N–H and O–H groups in total. The van der Waals surface area contributed by atoms with Gasteiger partial charge in [-0.1, -0.05) is 43.7 Å². The maximum Gasteiger partial charge on any atom is 0.246 e. The van der Waals surface area contributed by atoms with Gasteiger partial charge in [-0.2, -0.15) is 0 Å². The molecule has 3 aromatic rings. The molecule has 3 heterocycles. The maximum absolute atomic E-state index is 15.1. The Hall–Kier alpha value is -4.18. The molecule has 0 saturated carbocycles. The van der Waals surface area contributed by atoms with Crippen molar-refractivity contribution in [2.24, 2.45) is 4.99 Å². The molecule has 1 saturated heterocycles. The minimum atomic E-state index is -0.491. The lowest BCUT2D eigenvalue weighted by molar-refractivity contribution is -0.128. The predicted octanol–water partition coefficient (Wildman–Crippen LogP) is 5.46. The van der Waals surface area contributed by atoms with Crippen LogP contribution in [0.3, 0.4) is 0 Å². The Morgan fingerprint density at radius 2 is 1.98 bits per heavy atom. The minimum Gasteiger partial charge on any atom is -0.350 e. The van der Waals surface area contributed by atoms with Crippen LogP contribution in [-0.4, -0.2) is 75.6 Å². The number of nitrogens with zero attached hydrogens (tertiary/aromatic N) is 7. The van der Waals surface area contributed by atoms with E-state index in [1.54, 1.807) is 37.1 Å². The van der Waals surface area contributed by atoms with Gasteiger partial charge in [-0.05, 0) is 51.0 Å². The number of carbonyl (C=O) groups is 2. The van der Waals surface area contributed by atoms with Gasteiger partial charge < -0.3 is 9.80 Å². The number of amides is 2. The van der Waals surface area contributed by atoms with E-state index in [0.29, 0.717) is 54.5 Å². The summed E-state index contributed by atoms with van der Waals surface area (Å²) in [5.74, 6) is 0.0704. The van der Waals surface area contributed by atoms with Crippen molar-refractivity contribution in [3.63, 3.8) is 0 Å². The lowest BCUT2D eigenvalue weighted by atomic mass is 10.0. The van der Waals surface area contributed by atoms with E-state index in [1.165, 1.54) is 23.4 Å². The molecule has 1 fully saturated rings. The van der Waals surface area contributed by atoms with E-state index in [1.807, 2.05) is 27.7 Å². The lowest BCUT2D eigenvalue weighted by Gasteiger charge is -2.41. The van der Waals surface area contributed by atoms with Crippen molar-refractivity contribution in [2.75, 3.05) is 31.6 Å². The highest BCUT2D eigenvalue weighted by atomic mass is 35.5. The topological polar surface area (TPSA) is 94.9 Å². The number of hydrogen-bond acceptors (Lipinski definition) is 6. The maximum atomic E-state index is 15.1. The van der Waals surface area contributed by atoms with E-state index in [9.17, 15) is 9.59 Å². The third-order valence-corrected chi connectivity index (χ3v) is 7.61. The fourth-order valence-electron chi connectivity index (χ4n) is 5.26. The first-order valence-corrected chi connectivity index (χ1v) is 14.1. The van der Waals surface area contributed by atoms with Crippen LogP contribution in [0.5, 0.6) is 0 Å². The van der Waals surface area contributed by atoms with Crippen LogP contribution in [0.15, 0.2) is 48.2 Å². The molecule has 220 valence electrons. The second kappa shape index (κ2) is 12.8. The summed E-state index contributed by atoms with van der Waals surface area (Å²) in [6.07, 6.45) is 3.43. The molecular weight excluding hydrogens is 557 g/mol. The van der Waals surface area contributed by atoms with Gasteiger partial charge in [0.2, 0.25) is 12.3 Å². The third-order valence-electron chi connectivity index (χ3n) is 7.33. The molecule has 1 atom stereocenters. The van der Waals surface area contributed by atoms with Crippen molar-refractivity contribution in [3.8, 4) is 11.3 Å². The van der Waals surface area contributed by atoms with E-state index in [4.69, 9.17) is 16.6 Å². The Morgan fingerprint density at radius 1 is 1.24 bits per heavy atom. The quantitative estimate of drug-likeness (QED) is 0.157. The Bertz CT molecular complexity index is 1560. The van der Waals surface area contributed by atoms with Crippen molar-refractivity contribution >= 4 is 41.3 Å². The summed E-state index contributed by atoms with van der Waals surface area (Å²) in [5, 5.41) is 0.198. The molecule has 0 bridgehead atoms. The number of pyridine rings is 1. The van der Waals surface area contributed by atoms with Crippen molar-refractivity contribution in [1.82, 2.24) is 24.8 Å². The summed E-state index contributed by atoms with van der Waals surface area (Å²) in [6, 6.07) is 6.24. The zero-order valence-corrected chi connectivity index (χ0v) is 25.5. The van der Waals surface area contributed by atoms with Gasteiger partial charge in [0.25, 0.3) is 0 Å². The number of rotatable bonds is 7. The Balaban J connectivity index is 1.97. The van der Waals surface area contributed by atoms with Gasteiger partial charge in [-0.15, -0.1) is 0 Å². The standard InChI is InChI=1S/C31H35ClFN7O2/c1-8-26(42)38-11-12-39(20(5)15-38)30(34-7)23-14-24(32)28(22-13-19(4)9-10-25(22)33)37-31(23)40(17-41)29-21(6)35-16-36-27(29)18(2)3/h8-10,13-14,16-18,20H,1,11-12,15H2,2-7H3/b34-30+. The van der Waals surface area contributed by atoms with Crippen molar-refractivity contribution in [3.05, 3.63) is 76.6 Å². The number of hydrogen-bond donors (Lipinski definition) is 0. The summed E-state index contributed by atoms with van der Waals surface area (Å²) in [7, 11) is 1.65. The van der Waals surface area contributed by atoms with E-state index in [0.717, 1.165) is 5.56 Å². The molecule has 1 aromatic carbocycles. The molecule has 0 spiro atoms. The zero-order valence-electron chi connectivity index (χ0n) is 24.7. The SMILES string of the molecule is C=CC(=O)N1CCN(/C(=N/C)c2cc(Cl)c(-c3cc(C)ccc3F)nc2N(C=O)c2c(C)ncnc2C(C)C)C(C)C1. The van der Waals surface area contributed by atoms with Crippen molar-refractivity contribution in [2.45, 2.75) is 46.6 Å². The highest BCUT2D eigenvalue weighted by molar-refractivity contribution is 6.33. The number of piperazine rings is 1. The van der Waals surface area contributed by atoms with E-state index in [2.05, 4.69) is 26.4 Å². The van der Waals surface area contributed by atoms with Crippen LogP contribution < -0.4 is 4.90 Å². The molecule has 0 radical (unpaired) electrons. The van der Waals surface area contributed by atoms with E-state index in [-0.39, 0.29) is 40.0 Å². The van der Waals surface area contributed by atoms with Gasteiger partial charge in [-0.3, -0.25) is 19.5 Å². The molecule has 1 aliphatic heterocycles. The second-order valence-corrected chi connectivity index (χ2v) is 11.0. The van der Waals surface area contributed by atoms with Crippen LogP contribution >= 0.6 is 11.6 Å². The number of aromatic nitrogens is 3. The number of aliphatic imine (C=N–C) groups is 1. The van der Waals surface area contributed by atoms with Crippen LogP contribution in [0.4, 0.5) is 15.9 Å². The predicted molar refractivity (Wildman–Crippen MR) is 164 cm³/mol. The number of halogens is 2. The van der Waals surface area contributed by atoms with E-state index < -0.39 is 5.82 Å². The highest BCUT2D eigenvalue weighted by Crippen LogP contribution is 2.39. The molecular formula is C31H35ClFN7O2. The van der Waals surface area contributed by atoms with Crippen molar-refractivity contribution in [1.29, 1.82) is 0 Å². The Kier molecular flexibility index (Phi) is 9.36. The molecule has 2 aromatic heterocycles. The number of amidine groups is 1. The van der Waals surface area contributed by atoms with Crippen LogP contribution in [0.25, 0.3) is 11.3 Å². The molecule has 1 unspecified atom stereocenters. The smallest absolute Gasteiger partial charge is 0.246 e. The van der Waals surface area contributed by atoms with Gasteiger partial charge in [0.15, 0.2) is 5.82 Å². The van der Waals surface area contributed by atoms with Gasteiger partial charge in [0.05, 0.1) is 33.4 Å². The molecule has 0 aliphatic carbocycles. The number of anilines is 2. The first kappa shape index (κ1) is 30.8. The molecule has 2 amide bonds.